The van der Waals surface area contributed by atoms with Crippen molar-refractivity contribution in [3.8, 4) is 0 Å². The van der Waals surface area contributed by atoms with Crippen LogP contribution < -0.4 is 10.6 Å². The summed E-state index contributed by atoms with van der Waals surface area (Å²) in [6.07, 6.45) is 2.00. The van der Waals surface area contributed by atoms with Crippen molar-refractivity contribution in [1.29, 1.82) is 0 Å². The molecule has 2 fully saturated rings. The summed E-state index contributed by atoms with van der Waals surface area (Å²) >= 11 is 6.37. The Kier molecular flexibility index (Phi) is 6.56. The summed E-state index contributed by atoms with van der Waals surface area (Å²) in [5, 5.41) is 7.11. The van der Waals surface area contributed by atoms with Crippen LogP contribution >= 0.6 is 11.6 Å². The van der Waals surface area contributed by atoms with Crippen molar-refractivity contribution in [2.75, 3.05) is 45.1 Å². The Hall–Kier alpha value is -1.14. The Morgan fingerprint density at radius 3 is 2.88 bits per heavy atom. The quantitative estimate of drug-likeness (QED) is 0.845. The van der Waals surface area contributed by atoms with Gasteiger partial charge in [0.25, 0.3) is 0 Å². The normalized spacial score (nSPS) is 25.2. The topological polar surface area (TPSA) is 47.6 Å². The molecule has 3 rings (SSSR count). The molecule has 2 aliphatic heterocycles. The first kappa shape index (κ1) is 19.6. The molecule has 1 amide bonds. The lowest BCUT2D eigenvalue weighted by atomic mass is 9.98. The highest BCUT2D eigenvalue weighted by Gasteiger charge is 2.23. The number of halogens is 1. The standard InChI is InChI=1S/C20H31ClN4O/c1-14-12-25(8-7-24(14)3)13-17-9-18(21)10-19(15(17)2)23-20(26)16-5-4-6-22-11-16/h9-10,14,16,22H,4-8,11-13H2,1-3H3,(H,23,26)/t14-,16?/m0/s1. The van der Waals surface area contributed by atoms with E-state index in [1.807, 2.05) is 12.1 Å². The van der Waals surface area contributed by atoms with Crippen molar-refractivity contribution in [2.45, 2.75) is 39.3 Å². The highest BCUT2D eigenvalue weighted by Crippen LogP contribution is 2.27. The van der Waals surface area contributed by atoms with E-state index in [-0.39, 0.29) is 11.8 Å². The van der Waals surface area contributed by atoms with Gasteiger partial charge in [0.1, 0.15) is 0 Å². The van der Waals surface area contributed by atoms with Gasteiger partial charge >= 0.3 is 0 Å². The number of hydrogen-bond donors (Lipinski definition) is 2. The molecule has 0 aliphatic carbocycles. The number of piperidine rings is 1. The van der Waals surface area contributed by atoms with E-state index in [2.05, 4.69) is 41.3 Å². The molecule has 1 unspecified atom stereocenters. The minimum Gasteiger partial charge on any atom is -0.326 e. The van der Waals surface area contributed by atoms with Crippen LogP contribution in [-0.4, -0.2) is 61.5 Å². The van der Waals surface area contributed by atoms with E-state index in [1.165, 1.54) is 5.56 Å². The van der Waals surface area contributed by atoms with Crippen LogP contribution in [0.5, 0.6) is 0 Å². The molecule has 2 atom stereocenters. The summed E-state index contributed by atoms with van der Waals surface area (Å²) in [6.45, 7) is 10.2. The van der Waals surface area contributed by atoms with Crippen LogP contribution in [-0.2, 0) is 11.3 Å². The molecule has 1 aromatic carbocycles. The lowest BCUT2D eigenvalue weighted by molar-refractivity contribution is -0.120. The van der Waals surface area contributed by atoms with Crippen LogP contribution in [0.2, 0.25) is 5.02 Å². The van der Waals surface area contributed by atoms with Gasteiger partial charge in [0, 0.05) is 49.5 Å². The molecular formula is C20H31ClN4O. The third-order valence-electron chi connectivity index (χ3n) is 5.84. The number of nitrogens with one attached hydrogen (secondary N) is 2. The molecule has 6 heteroatoms. The average molecular weight is 379 g/mol. The van der Waals surface area contributed by atoms with Gasteiger partial charge < -0.3 is 15.5 Å². The molecule has 144 valence electrons. The Bertz CT molecular complexity index is 645. The van der Waals surface area contributed by atoms with Gasteiger partial charge in [-0.1, -0.05) is 11.6 Å². The minimum absolute atomic E-state index is 0.0454. The second-order valence-electron chi connectivity index (χ2n) is 7.83. The molecule has 2 heterocycles. The van der Waals surface area contributed by atoms with Crippen molar-refractivity contribution in [3.63, 3.8) is 0 Å². The van der Waals surface area contributed by atoms with Crippen LogP contribution in [0.1, 0.15) is 30.9 Å². The van der Waals surface area contributed by atoms with Crippen molar-refractivity contribution >= 4 is 23.2 Å². The molecule has 0 saturated carbocycles. The van der Waals surface area contributed by atoms with Gasteiger partial charge in [0.2, 0.25) is 5.91 Å². The van der Waals surface area contributed by atoms with Gasteiger partial charge in [-0.05, 0) is 63.5 Å². The number of piperazine rings is 1. The number of anilines is 1. The highest BCUT2D eigenvalue weighted by molar-refractivity contribution is 6.31. The monoisotopic (exact) mass is 378 g/mol. The fourth-order valence-electron chi connectivity index (χ4n) is 3.85. The smallest absolute Gasteiger partial charge is 0.228 e. The maximum absolute atomic E-state index is 12.6. The van der Waals surface area contributed by atoms with Crippen LogP contribution in [0, 0.1) is 12.8 Å². The molecule has 0 aromatic heterocycles. The molecule has 2 saturated heterocycles. The minimum atomic E-state index is 0.0454. The fourth-order valence-corrected chi connectivity index (χ4v) is 4.09. The van der Waals surface area contributed by atoms with Gasteiger partial charge in [-0.2, -0.15) is 0 Å². The highest BCUT2D eigenvalue weighted by atomic mass is 35.5. The van der Waals surface area contributed by atoms with Crippen LogP contribution in [0.15, 0.2) is 12.1 Å². The summed E-state index contributed by atoms with van der Waals surface area (Å²) in [5.41, 5.74) is 3.18. The number of rotatable bonds is 4. The number of amides is 1. The fraction of sp³-hybridized carbons (Fsp3) is 0.650. The summed E-state index contributed by atoms with van der Waals surface area (Å²) in [4.78, 5) is 17.5. The molecule has 0 spiro atoms. The third kappa shape index (κ3) is 4.77. The van der Waals surface area contributed by atoms with Crippen LogP contribution in [0.4, 0.5) is 5.69 Å². The SMILES string of the molecule is Cc1c(CN2CCN(C)[C@@H](C)C2)cc(Cl)cc1NC(=O)C1CCCNC1. The Morgan fingerprint density at radius 1 is 1.38 bits per heavy atom. The number of carbonyl (C=O) groups excluding carboxylic acids is 1. The first-order valence-electron chi connectivity index (χ1n) is 9.67. The number of benzene rings is 1. The van der Waals surface area contributed by atoms with E-state index in [1.54, 1.807) is 0 Å². The van der Waals surface area contributed by atoms with Crippen LogP contribution in [0.3, 0.4) is 0 Å². The van der Waals surface area contributed by atoms with Crippen molar-refractivity contribution in [1.82, 2.24) is 15.1 Å². The molecule has 2 aliphatic rings. The summed E-state index contributed by atoms with van der Waals surface area (Å²) in [5.74, 6) is 0.144. The lowest BCUT2D eigenvalue weighted by Gasteiger charge is -2.38. The van der Waals surface area contributed by atoms with Gasteiger partial charge in [-0.15, -0.1) is 0 Å². The maximum atomic E-state index is 12.6. The van der Waals surface area contributed by atoms with E-state index in [0.29, 0.717) is 11.1 Å². The Balaban J connectivity index is 1.70. The van der Waals surface area contributed by atoms with E-state index in [9.17, 15) is 4.79 Å². The zero-order chi connectivity index (χ0) is 18.7. The predicted octanol–water partition coefficient (Wildman–Crippen LogP) is 2.72. The third-order valence-corrected chi connectivity index (χ3v) is 6.06. The maximum Gasteiger partial charge on any atom is 0.228 e. The van der Waals surface area contributed by atoms with E-state index < -0.39 is 0 Å². The molecule has 2 N–H and O–H groups in total. The lowest BCUT2D eigenvalue weighted by Crippen LogP contribution is -2.49. The first-order valence-corrected chi connectivity index (χ1v) is 10.0. The van der Waals surface area contributed by atoms with Crippen molar-refractivity contribution in [2.24, 2.45) is 5.92 Å². The zero-order valence-electron chi connectivity index (χ0n) is 16.1. The molecule has 5 nitrogen and oxygen atoms in total. The molecule has 0 radical (unpaired) electrons. The van der Waals surface area contributed by atoms with E-state index in [4.69, 9.17) is 11.6 Å². The molecule has 0 bridgehead atoms. The number of hydrogen-bond acceptors (Lipinski definition) is 4. The summed E-state index contributed by atoms with van der Waals surface area (Å²) < 4.78 is 0. The van der Waals surface area contributed by atoms with E-state index >= 15 is 0 Å². The number of nitrogens with zero attached hydrogens (tertiary/aromatic N) is 2. The summed E-state index contributed by atoms with van der Waals surface area (Å²) in [6, 6.07) is 4.47. The molecule has 26 heavy (non-hydrogen) atoms. The molecular weight excluding hydrogens is 348 g/mol. The Labute approximate surface area is 162 Å². The second kappa shape index (κ2) is 8.70. The predicted molar refractivity (Wildman–Crippen MR) is 108 cm³/mol. The molecule has 1 aromatic rings. The zero-order valence-corrected chi connectivity index (χ0v) is 16.9. The van der Waals surface area contributed by atoms with Gasteiger partial charge in [-0.25, -0.2) is 0 Å². The Morgan fingerprint density at radius 2 is 2.19 bits per heavy atom. The number of likely N-dealkylation sites (N-methyl/N-ethyl adjacent to an activating group) is 1. The summed E-state index contributed by atoms with van der Waals surface area (Å²) in [7, 11) is 2.18. The van der Waals surface area contributed by atoms with Crippen molar-refractivity contribution < 1.29 is 4.79 Å². The van der Waals surface area contributed by atoms with E-state index in [0.717, 1.165) is 63.4 Å². The van der Waals surface area contributed by atoms with Crippen molar-refractivity contribution in [3.05, 3.63) is 28.3 Å². The van der Waals surface area contributed by atoms with Crippen LogP contribution in [0.25, 0.3) is 0 Å². The van der Waals surface area contributed by atoms with Gasteiger partial charge in [0.15, 0.2) is 0 Å². The van der Waals surface area contributed by atoms with Gasteiger partial charge in [-0.3, -0.25) is 9.69 Å². The largest absolute Gasteiger partial charge is 0.326 e. The number of carbonyl (C=O) groups is 1. The first-order chi connectivity index (χ1) is 12.4. The van der Waals surface area contributed by atoms with Gasteiger partial charge in [0.05, 0.1) is 5.92 Å². The average Bonchev–Trinajstić information content (AvgIpc) is 2.63. The second-order valence-corrected chi connectivity index (χ2v) is 8.27.